The molecule has 7 nitrogen and oxygen atoms in total. The second-order valence-electron chi connectivity index (χ2n) is 9.89. The predicted molar refractivity (Wildman–Crippen MR) is 137 cm³/mol. The Balaban J connectivity index is 1.30. The summed E-state index contributed by atoms with van der Waals surface area (Å²) in [4.78, 5) is 17.8. The summed E-state index contributed by atoms with van der Waals surface area (Å²) in [6.07, 6.45) is 4.20. The number of hydrogen-bond donors (Lipinski definition) is 1. The molecule has 1 fully saturated rings. The molecule has 1 saturated heterocycles. The Bertz CT molecular complexity index is 1230. The van der Waals surface area contributed by atoms with Crippen LogP contribution >= 0.6 is 0 Å². The number of nitrogens with zero attached hydrogens (tertiary/aromatic N) is 3. The Morgan fingerprint density at radius 3 is 2.57 bits per heavy atom. The van der Waals surface area contributed by atoms with E-state index in [2.05, 4.69) is 41.1 Å². The first kappa shape index (κ1) is 23.9. The van der Waals surface area contributed by atoms with Gasteiger partial charge in [0.2, 0.25) is 0 Å². The molecule has 5 rings (SSSR count). The molecule has 0 spiro atoms. The number of ether oxygens (including phenoxy) is 2. The van der Waals surface area contributed by atoms with Crippen LogP contribution in [-0.2, 0) is 19.5 Å². The number of rotatable bonds is 7. The zero-order chi connectivity index (χ0) is 24.4. The molecule has 0 amide bonds. The van der Waals surface area contributed by atoms with Gasteiger partial charge in [0.05, 0.1) is 25.1 Å². The zero-order valence-electron chi connectivity index (χ0n) is 20.7. The monoisotopic (exact) mass is 477 g/mol. The first-order chi connectivity index (χ1) is 17.0. The highest BCUT2D eigenvalue weighted by atomic mass is 16.5. The van der Waals surface area contributed by atoms with Crippen molar-refractivity contribution in [1.82, 2.24) is 14.4 Å². The number of aliphatic hydroxyl groups is 1. The van der Waals surface area contributed by atoms with Crippen LogP contribution in [0, 0.1) is 0 Å². The van der Waals surface area contributed by atoms with Crippen molar-refractivity contribution in [3.8, 4) is 11.5 Å². The Morgan fingerprint density at radius 1 is 1.03 bits per heavy atom. The molecule has 1 N–H and O–H groups in total. The van der Waals surface area contributed by atoms with Gasteiger partial charge in [-0.05, 0) is 55.6 Å². The molecule has 1 atom stereocenters. The number of methoxy groups -OCH3 is 1. The van der Waals surface area contributed by atoms with Gasteiger partial charge in [0, 0.05) is 44.3 Å². The molecular weight excluding hydrogens is 442 g/mol. The van der Waals surface area contributed by atoms with Crippen molar-refractivity contribution in [3.05, 3.63) is 70.1 Å². The second-order valence-corrected chi connectivity index (χ2v) is 9.89. The lowest BCUT2D eigenvalue weighted by Crippen LogP contribution is -2.39. The summed E-state index contributed by atoms with van der Waals surface area (Å²) in [5.41, 5.74) is 2.57. The lowest BCUT2D eigenvalue weighted by Gasteiger charge is -2.30. The van der Waals surface area contributed by atoms with Gasteiger partial charge in [-0.2, -0.15) is 0 Å². The third kappa shape index (κ3) is 5.37. The van der Waals surface area contributed by atoms with Gasteiger partial charge >= 0.3 is 0 Å². The molecule has 1 aromatic heterocycles. The maximum Gasteiger partial charge on any atom is 0.258 e. The highest BCUT2D eigenvalue weighted by Gasteiger charge is 2.21. The highest BCUT2D eigenvalue weighted by Crippen LogP contribution is 2.29. The number of aliphatic hydroxyl groups excluding tert-OH is 1. The zero-order valence-corrected chi connectivity index (χ0v) is 20.7. The van der Waals surface area contributed by atoms with E-state index in [1.165, 1.54) is 11.1 Å². The second kappa shape index (κ2) is 10.4. The van der Waals surface area contributed by atoms with E-state index in [-0.39, 0.29) is 18.2 Å². The highest BCUT2D eigenvalue weighted by molar-refractivity contribution is 5.88. The SMILES string of the molecule is COc1cn(C[C@H](O)CN2CCc3ccccc3C2)c(=O)c2ccc(OC3CCN(C)CC3)cc12. The molecule has 35 heavy (non-hydrogen) atoms. The summed E-state index contributed by atoms with van der Waals surface area (Å²) >= 11 is 0. The first-order valence-electron chi connectivity index (χ1n) is 12.5. The molecule has 0 unspecified atom stereocenters. The van der Waals surface area contributed by atoms with Gasteiger partial charge < -0.3 is 24.0 Å². The fraction of sp³-hybridized carbons (Fsp3) is 0.464. The van der Waals surface area contributed by atoms with Crippen molar-refractivity contribution in [2.45, 2.75) is 44.6 Å². The van der Waals surface area contributed by atoms with E-state index in [1.54, 1.807) is 17.9 Å². The molecule has 3 aromatic rings. The van der Waals surface area contributed by atoms with Gasteiger partial charge in [0.1, 0.15) is 17.6 Å². The van der Waals surface area contributed by atoms with E-state index in [9.17, 15) is 9.90 Å². The molecule has 2 aliphatic rings. The van der Waals surface area contributed by atoms with E-state index in [4.69, 9.17) is 9.47 Å². The van der Waals surface area contributed by atoms with Gasteiger partial charge in [-0.15, -0.1) is 0 Å². The average molecular weight is 478 g/mol. The van der Waals surface area contributed by atoms with Crippen LogP contribution in [0.3, 0.4) is 0 Å². The van der Waals surface area contributed by atoms with E-state index in [1.807, 2.05) is 18.2 Å². The summed E-state index contributed by atoms with van der Waals surface area (Å²) in [5, 5.41) is 12.1. The number of pyridine rings is 1. The Hall–Kier alpha value is -2.87. The van der Waals surface area contributed by atoms with Crippen molar-refractivity contribution in [2.75, 3.05) is 40.3 Å². The maximum absolute atomic E-state index is 13.3. The molecule has 3 heterocycles. The molecule has 0 bridgehead atoms. The lowest BCUT2D eigenvalue weighted by molar-refractivity contribution is 0.0909. The third-order valence-electron chi connectivity index (χ3n) is 7.30. The number of benzene rings is 2. The number of piperidine rings is 1. The number of fused-ring (bicyclic) bond motifs is 2. The van der Waals surface area contributed by atoms with Gasteiger partial charge in [-0.1, -0.05) is 24.3 Å². The van der Waals surface area contributed by atoms with Crippen LogP contribution in [0.15, 0.2) is 53.5 Å². The Labute approximate surface area is 206 Å². The van der Waals surface area contributed by atoms with Crippen LogP contribution in [0.2, 0.25) is 0 Å². The number of β-amino-alcohol motifs (C(OH)–C–C–N with tert-alkyl or cyclic N) is 1. The fourth-order valence-corrected chi connectivity index (χ4v) is 5.30. The van der Waals surface area contributed by atoms with Gasteiger partial charge in [-0.25, -0.2) is 0 Å². The van der Waals surface area contributed by atoms with Gasteiger partial charge in [0.15, 0.2) is 0 Å². The predicted octanol–water partition coefficient (Wildman–Crippen LogP) is 2.90. The van der Waals surface area contributed by atoms with E-state index < -0.39 is 6.10 Å². The van der Waals surface area contributed by atoms with E-state index in [0.717, 1.165) is 56.6 Å². The summed E-state index contributed by atoms with van der Waals surface area (Å²) < 4.78 is 13.4. The van der Waals surface area contributed by atoms with Crippen LogP contribution in [-0.4, -0.2) is 72.0 Å². The van der Waals surface area contributed by atoms with Crippen LogP contribution in [0.1, 0.15) is 24.0 Å². The summed E-state index contributed by atoms with van der Waals surface area (Å²) in [7, 11) is 3.74. The van der Waals surface area contributed by atoms with Gasteiger partial charge in [0.25, 0.3) is 5.56 Å². The van der Waals surface area contributed by atoms with Crippen LogP contribution in [0.5, 0.6) is 11.5 Å². The molecule has 2 aromatic carbocycles. The number of hydrogen-bond acceptors (Lipinski definition) is 6. The standard InChI is InChI=1S/C28H35N3O4/c1-29-12-10-23(11-13-29)35-24-7-8-25-26(15-24)27(34-2)19-31(28(25)33)18-22(32)17-30-14-9-20-5-3-4-6-21(20)16-30/h3-8,15,19,22-23,32H,9-14,16-18H2,1-2H3/t22-/m1/s1. The maximum atomic E-state index is 13.3. The molecule has 0 aliphatic carbocycles. The summed E-state index contributed by atoms with van der Waals surface area (Å²) in [6.45, 7) is 4.52. The quantitative estimate of drug-likeness (QED) is 0.565. The molecule has 2 aliphatic heterocycles. The topological polar surface area (TPSA) is 67.2 Å². The number of aromatic nitrogens is 1. The van der Waals surface area contributed by atoms with E-state index >= 15 is 0 Å². The minimum atomic E-state index is -0.660. The largest absolute Gasteiger partial charge is 0.495 e. The van der Waals surface area contributed by atoms with Crippen LogP contribution in [0.4, 0.5) is 0 Å². The Morgan fingerprint density at radius 2 is 1.80 bits per heavy atom. The van der Waals surface area contributed by atoms with Crippen molar-refractivity contribution >= 4 is 10.8 Å². The van der Waals surface area contributed by atoms with Crippen molar-refractivity contribution < 1.29 is 14.6 Å². The van der Waals surface area contributed by atoms with Crippen LogP contribution < -0.4 is 15.0 Å². The first-order valence-corrected chi connectivity index (χ1v) is 12.5. The summed E-state index contributed by atoms with van der Waals surface area (Å²) in [5.74, 6) is 1.36. The smallest absolute Gasteiger partial charge is 0.258 e. The minimum Gasteiger partial charge on any atom is -0.495 e. The van der Waals surface area contributed by atoms with Crippen molar-refractivity contribution in [1.29, 1.82) is 0 Å². The van der Waals surface area contributed by atoms with Crippen LogP contribution in [0.25, 0.3) is 10.8 Å². The third-order valence-corrected chi connectivity index (χ3v) is 7.30. The minimum absolute atomic E-state index is 0.130. The lowest BCUT2D eigenvalue weighted by atomic mass is 10.00. The molecular formula is C28H35N3O4. The van der Waals surface area contributed by atoms with Crippen molar-refractivity contribution in [2.24, 2.45) is 0 Å². The average Bonchev–Trinajstić information content (AvgIpc) is 2.87. The molecule has 0 saturated carbocycles. The van der Waals surface area contributed by atoms with Gasteiger partial charge in [-0.3, -0.25) is 9.69 Å². The molecule has 0 radical (unpaired) electrons. The summed E-state index contributed by atoms with van der Waals surface area (Å²) in [6, 6.07) is 14.0. The normalized spacial score (nSPS) is 18.4. The van der Waals surface area contributed by atoms with Crippen molar-refractivity contribution in [3.63, 3.8) is 0 Å². The molecule has 7 heteroatoms. The number of likely N-dealkylation sites (tertiary alicyclic amines) is 1. The molecule has 186 valence electrons. The Kier molecular flexibility index (Phi) is 7.09. The van der Waals surface area contributed by atoms with E-state index in [0.29, 0.717) is 17.7 Å². The fourth-order valence-electron chi connectivity index (χ4n) is 5.30.